The zero-order valence-electron chi connectivity index (χ0n) is 19.9. The molecule has 2 aromatic heterocycles. The number of rotatable bonds is 7. The normalized spacial score (nSPS) is 17.3. The summed E-state index contributed by atoms with van der Waals surface area (Å²) in [5, 5.41) is 8.29. The van der Waals surface area contributed by atoms with E-state index in [1.807, 2.05) is 0 Å². The van der Waals surface area contributed by atoms with Crippen LogP contribution in [0.25, 0.3) is 0 Å². The first-order valence-corrected chi connectivity index (χ1v) is 11.4. The number of amides is 2. The van der Waals surface area contributed by atoms with Gasteiger partial charge in [0.2, 0.25) is 5.91 Å². The zero-order valence-corrected chi connectivity index (χ0v) is 19.9. The number of alkyl halides is 3. The highest BCUT2D eigenvalue weighted by atomic mass is 19.4. The summed E-state index contributed by atoms with van der Waals surface area (Å²) < 4.78 is 45.3. The maximum atomic E-state index is 13.3. The fourth-order valence-corrected chi connectivity index (χ4v) is 3.96. The topological polar surface area (TPSA) is 131 Å². The number of nitrogens with zero attached hydrogens (tertiary/aromatic N) is 2. The number of aryl methyl sites for hydroxylation is 1. The standard InChI is InChI=1S/C25H25F3N6O3/c1-15-8-18(33-20-5-3-2-4-19(20)25(26,27)28)12-31-21(15)13-32-23(36)24(6-7-37-14-24)34-22(35)16-9-17(29)11-30-10-16/h2-5,8-12,33H,6-7,13-14,29H2,1H3,(H,32,36)(H,34,35). The van der Waals surface area contributed by atoms with Crippen molar-refractivity contribution in [2.24, 2.45) is 0 Å². The van der Waals surface area contributed by atoms with Gasteiger partial charge in [-0.2, -0.15) is 13.2 Å². The molecule has 9 nitrogen and oxygen atoms in total. The van der Waals surface area contributed by atoms with Crippen LogP contribution >= 0.6 is 0 Å². The molecule has 3 heterocycles. The number of nitrogen functional groups attached to an aromatic ring is 1. The number of nitrogens with one attached hydrogen (secondary N) is 3. The van der Waals surface area contributed by atoms with Crippen molar-refractivity contribution in [2.45, 2.75) is 31.6 Å². The van der Waals surface area contributed by atoms with Gasteiger partial charge < -0.3 is 26.4 Å². The van der Waals surface area contributed by atoms with Crippen molar-refractivity contribution in [3.05, 3.63) is 77.4 Å². The van der Waals surface area contributed by atoms with Gasteiger partial charge in [0.25, 0.3) is 5.91 Å². The Bertz CT molecular complexity index is 1310. The largest absolute Gasteiger partial charge is 0.418 e. The molecule has 37 heavy (non-hydrogen) atoms. The number of para-hydroxylation sites is 1. The molecule has 1 aliphatic rings. The van der Waals surface area contributed by atoms with Gasteiger partial charge >= 0.3 is 6.18 Å². The molecule has 2 amide bonds. The number of hydrogen-bond acceptors (Lipinski definition) is 7. The van der Waals surface area contributed by atoms with E-state index in [0.29, 0.717) is 29.2 Å². The number of halogens is 3. The van der Waals surface area contributed by atoms with Crippen molar-refractivity contribution < 1.29 is 27.5 Å². The number of pyridine rings is 2. The van der Waals surface area contributed by atoms with E-state index in [4.69, 9.17) is 10.5 Å². The number of carbonyl (C=O) groups is 2. The smallest absolute Gasteiger partial charge is 0.397 e. The number of aromatic nitrogens is 2. The van der Waals surface area contributed by atoms with Gasteiger partial charge in [0, 0.05) is 25.4 Å². The minimum Gasteiger partial charge on any atom is -0.397 e. The molecule has 1 aliphatic heterocycles. The molecule has 4 rings (SSSR count). The first kappa shape index (κ1) is 25.9. The number of anilines is 3. The van der Waals surface area contributed by atoms with Gasteiger partial charge in [-0.1, -0.05) is 12.1 Å². The Morgan fingerprint density at radius 3 is 2.62 bits per heavy atom. The van der Waals surface area contributed by atoms with Crippen molar-refractivity contribution in [1.82, 2.24) is 20.6 Å². The molecule has 1 aromatic carbocycles. The Balaban J connectivity index is 1.43. The lowest BCUT2D eigenvalue weighted by molar-refractivity contribution is -0.137. The average molecular weight is 515 g/mol. The Labute approximate surface area is 210 Å². The summed E-state index contributed by atoms with van der Waals surface area (Å²) in [6, 6.07) is 8.26. The summed E-state index contributed by atoms with van der Waals surface area (Å²) in [7, 11) is 0. The van der Waals surface area contributed by atoms with Crippen LogP contribution in [0.1, 0.15) is 33.6 Å². The van der Waals surface area contributed by atoms with Crippen LogP contribution in [0.2, 0.25) is 0 Å². The monoisotopic (exact) mass is 514 g/mol. The average Bonchev–Trinajstić information content (AvgIpc) is 3.33. The van der Waals surface area contributed by atoms with Gasteiger partial charge in [-0.3, -0.25) is 19.6 Å². The molecule has 1 unspecified atom stereocenters. The predicted molar refractivity (Wildman–Crippen MR) is 130 cm³/mol. The van der Waals surface area contributed by atoms with E-state index in [2.05, 4.69) is 25.9 Å². The summed E-state index contributed by atoms with van der Waals surface area (Å²) in [5.74, 6) is -0.956. The summed E-state index contributed by atoms with van der Waals surface area (Å²) >= 11 is 0. The van der Waals surface area contributed by atoms with Gasteiger partial charge in [0.15, 0.2) is 0 Å². The number of benzene rings is 1. The van der Waals surface area contributed by atoms with Crippen LogP contribution in [0.15, 0.2) is 55.0 Å². The van der Waals surface area contributed by atoms with Crippen LogP contribution in [0.5, 0.6) is 0 Å². The first-order chi connectivity index (χ1) is 17.6. The number of nitrogens with two attached hydrogens (primary N) is 1. The van der Waals surface area contributed by atoms with Crippen molar-refractivity contribution in [2.75, 3.05) is 24.3 Å². The van der Waals surface area contributed by atoms with Gasteiger partial charge in [-0.05, 0) is 36.8 Å². The highest BCUT2D eigenvalue weighted by molar-refractivity contribution is 5.99. The number of ether oxygens (including phenoxy) is 1. The highest BCUT2D eigenvalue weighted by Gasteiger charge is 2.44. The van der Waals surface area contributed by atoms with Crippen LogP contribution in [0, 0.1) is 6.92 Å². The van der Waals surface area contributed by atoms with Gasteiger partial charge in [-0.25, -0.2) is 0 Å². The molecular weight excluding hydrogens is 489 g/mol. The zero-order chi connectivity index (χ0) is 26.6. The molecule has 0 spiro atoms. The Kier molecular flexibility index (Phi) is 7.30. The lowest BCUT2D eigenvalue weighted by Gasteiger charge is -2.27. The van der Waals surface area contributed by atoms with Gasteiger partial charge in [0.05, 0.1) is 53.2 Å². The second kappa shape index (κ2) is 10.4. The van der Waals surface area contributed by atoms with Gasteiger partial charge in [-0.15, -0.1) is 0 Å². The van der Waals surface area contributed by atoms with E-state index in [1.54, 1.807) is 13.0 Å². The van der Waals surface area contributed by atoms with E-state index in [1.165, 1.54) is 42.9 Å². The molecular formula is C25H25F3N6O3. The minimum absolute atomic E-state index is 0.00575. The molecule has 5 N–H and O–H groups in total. The molecule has 0 aliphatic carbocycles. The van der Waals surface area contributed by atoms with E-state index in [9.17, 15) is 22.8 Å². The molecule has 1 atom stereocenters. The van der Waals surface area contributed by atoms with Gasteiger partial charge in [0.1, 0.15) is 5.54 Å². The lowest BCUT2D eigenvalue weighted by atomic mass is 9.96. The number of carbonyl (C=O) groups excluding carboxylic acids is 2. The predicted octanol–water partition coefficient (Wildman–Crippen LogP) is 3.33. The molecule has 0 saturated carbocycles. The Morgan fingerprint density at radius 1 is 1.16 bits per heavy atom. The summed E-state index contributed by atoms with van der Waals surface area (Å²) in [5.41, 5.74) is 5.61. The Morgan fingerprint density at radius 2 is 1.95 bits per heavy atom. The van der Waals surface area contributed by atoms with E-state index in [-0.39, 0.29) is 30.8 Å². The van der Waals surface area contributed by atoms with Crippen LogP contribution < -0.4 is 21.7 Å². The molecule has 1 fully saturated rings. The van der Waals surface area contributed by atoms with Crippen molar-refractivity contribution in [1.29, 1.82) is 0 Å². The van der Waals surface area contributed by atoms with E-state index >= 15 is 0 Å². The van der Waals surface area contributed by atoms with Crippen LogP contribution in [-0.2, 0) is 22.3 Å². The summed E-state index contributed by atoms with van der Waals surface area (Å²) in [6.07, 6.45) is -0.0830. The second-order valence-electron chi connectivity index (χ2n) is 8.68. The third-order valence-electron chi connectivity index (χ3n) is 5.95. The highest BCUT2D eigenvalue weighted by Crippen LogP contribution is 2.36. The SMILES string of the molecule is Cc1cc(Nc2ccccc2C(F)(F)F)cnc1CNC(=O)C1(NC(=O)c2cncc(N)c2)CCOC1. The Hall–Kier alpha value is -4.19. The molecule has 1 saturated heterocycles. The fourth-order valence-electron chi connectivity index (χ4n) is 3.96. The minimum atomic E-state index is -4.50. The van der Waals surface area contributed by atoms with Crippen LogP contribution in [0.3, 0.4) is 0 Å². The fraction of sp³-hybridized carbons (Fsp3) is 0.280. The summed E-state index contributed by atoms with van der Waals surface area (Å²) in [4.78, 5) is 34.1. The van der Waals surface area contributed by atoms with Crippen LogP contribution in [-0.4, -0.2) is 40.5 Å². The molecule has 194 valence electrons. The maximum Gasteiger partial charge on any atom is 0.418 e. The van der Waals surface area contributed by atoms with Crippen molar-refractivity contribution in [3.63, 3.8) is 0 Å². The molecule has 12 heteroatoms. The molecule has 3 aromatic rings. The molecule has 0 radical (unpaired) electrons. The second-order valence-corrected chi connectivity index (χ2v) is 8.68. The van der Waals surface area contributed by atoms with Crippen LogP contribution in [0.4, 0.5) is 30.2 Å². The third-order valence-corrected chi connectivity index (χ3v) is 5.95. The lowest BCUT2D eigenvalue weighted by Crippen LogP contribution is -2.59. The summed E-state index contributed by atoms with van der Waals surface area (Å²) in [6.45, 7) is 2.06. The first-order valence-electron chi connectivity index (χ1n) is 11.4. The van der Waals surface area contributed by atoms with Crippen molar-refractivity contribution in [3.8, 4) is 0 Å². The third kappa shape index (κ3) is 5.97. The number of hydrogen-bond donors (Lipinski definition) is 4. The van der Waals surface area contributed by atoms with Crippen molar-refractivity contribution >= 4 is 28.9 Å². The maximum absolute atomic E-state index is 13.3. The van der Waals surface area contributed by atoms with E-state index in [0.717, 1.165) is 6.07 Å². The molecule has 0 bridgehead atoms. The quantitative estimate of drug-likeness (QED) is 0.380. The van der Waals surface area contributed by atoms with E-state index < -0.39 is 29.1 Å².